The first kappa shape index (κ1) is 8.37. The zero-order chi connectivity index (χ0) is 9.10. The van der Waals surface area contributed by atoms with Crippen LogP contribution in [0.5, 0.6) is 0 Å². The number of aromatic nitrogens is 3. The van der Waals surface area contributed by atoms with Crippen molar-refractivity contribution in [3.63, 3.8) is 0 Å². The molecule has 2 rings (SSSR count). The smallest absolute Gasteiger partial charge is 0.223 e. The molecule has 1 atom stereocenters. The fourth-order valence-corrected chi connectivity index (χ4v) is 1.59. The summed E-state index contributed by atoms with van der Waals surface area (Å²) in [5.41, 5.74) is 5.48. The molecule has 1 aromatic rings. The molecule has 1 aromatic heterocycles. The van der Waals surface area contributed by atoms with Crippen LogP contribution in [0.25, 0.3) is 0 Å². The van der Waals surface area contributed by atoms with Crippen molar-refractivity contribution >= 4 is 5.95 Å². The molecule has 1 fully saturated rings. The molecule has 0 aromatic carbocycles. The Balaban J connectivity index is 2.14. The van der Waals surface area contributed by atoms with E-state index < -0.39 is 0 Å². The molecule has 0 bridgehead atoms. The molecule has 0 saturated carbocycles. The third kappa shape index (κ3) is 1.92. The minimum Gasteiger partial charge on any atom is -0.368 e. The largest absolute Gasteiger partial charge is 0.368 e. The molecule has 1 aliphatic heterocycles. The van der Waals surface area contributed by atoms with Crippen LogP contribution in [0, 0.1) is 0 Å². The molecule has 5 nitrogen and oxygen atoms in total. The van der Waals surface area contributed by atoms with Crippen LogP contribution in [0.3, 0.4) is 0 Å². The van der Waals surface area contributed by atoms with Gasteiger partial charge in [-0.2, -0.15) is 4.98 Å². The number of piperidine rings is 1. The maximum atomic E-state index is 5.48. The van der Waals surface area contributed by atoms with Crippen LogP contribution in [0.4, 0.5) is 5.95 Å². The third-order valence-electron chi connectivity index (χ3n) is 2.27. The number of nitrogens with two attached hydrogens (primary N) is 1. The first-order chi connectivity index (χ1) is 6.36. The molecule has 3 N–H and O–H groups in total. The van der Waals surface area contributed by atoms with Gasteiger partial charge in [0.15, 0.2) is 0 Å². The van der Waals surface area contributed by atoms with E-state index in [-0.39, 0.29) is 0 Å². The molecule has 5 heteroatoms. The molecule has 1 aliphatic rings. The summed E-state index contributed by atoms with van der Waals surface area (Å²) in [5.74, 6) is 1.54. The predicted molar refractivity (Wildman–Crippen MR) is 49.1 cm³/mol. The third-order valence-corrected chi connectivity index (χ3v) is 2.27. The Bertz CT molecular complexity index is 282. The van der Waals surface area contributed by atoms with Gasteiger partial charge in [0, 0.05) is 12.5 Å². The van der Waals surface area contributed by atoms with E-state index in [4.69, 9.17) is 5.73 Å². The van der Waals surface area contributed by atoms with Crippen molar-refractivity contribution in [3.05, 3.63) is 12.2 Å². The van der Waals surface area contributed by atoms with Crippen LogP contribution in [0.1, 0.15) is 24.6 Å². The quantitative estimate of drug-likeness (QED) is 0.630. The monoisotopic (exact) mass is 179 g/mol. The minimum absolute atomic E-state index is 0.315. The zero-order valence-electron chi connectivity index (χ0n) is 7.40. The van der Waals surface area contributed by atoms with Crippen LogP contribution >= 0.6 is 0 Å². The standard InChI is InChI=1S/C8H13N5/c9-8-12-5-11-7(13-8)6-2-1-3-10-4-6/h5-6,10H,1-4H2,(H2,9,11,12,13). The van der Waals surface area contributed by atoms with Gasteiger partial charge < -0.3 is 11.1 Å². The highest BCUT2D eigenvalue weighted by Crippen LogP contribution is 2.19. The van der Waals surface area contributed by atoms with Gasteiger partial charge in [-0.25, -0.2) is 9.97 Å². The van der Waals surface area contributed by atoms with Crippen LogP contribution in [-0.4, -0.2) is 28.0 Å². The van der Waals surface area contributed by atoms with Gasteiger partial charge in [-0.3, -0.25) is 0 Å². The van der Waals surface area contributed by atoms with Gasteiger partial charge in [0.2, 0.25) is 5.95 Å². The normalized spacial score (nSPS) is 22.9. The first-order valence-electron chi connectivity index (χ1n) is 4.51. The van der Waals surface area contributed by atoms with Crippen molar-refractivity contribution in [2.75, 3.05) is 18.8 Å². The summed E-state index contributed by atoms with van der Waals surface area (Å²) in [6, 6.07) is 0. The van der Waals surface area contributed by atoms with Crippen molar-refractivity contribution in [2.45, 2.75) is 18.8 Å². The van der Waals surface area contributed by atoms with Crippen molar-refractivity contribution in [3.8, 4) is 0 Å². The number of anilines is 1. The highest BCUT2D eigenvalue weighted by molar-refractivity contribution is 5.14. The SMILES string of the molecule is Nc1ncnc(C2CCCNC2)n1. The molecule has 70 valence electrons. The number of rotatable bonds is 1. The summed E-state index contributed by atoms with van der Waals surface area (Å²) in [6.07, 6.45) is 3.79. The molecule has 0 aliphatic carbocycles. The minimum atomic E-state index is 0.315. The van der Waals surface area contributed by atoms with Crippen molar-refractivity contribution in [2.24, 2.45) is 0 Å². The van der Waals surface area contributed by atoms with Crippen molar-refractivity contribution < 1.29 is 0 Å². The summed E-state index contributed by atoms with van der Waals surface area (Å²) in [7, 11) is 0. The Hall–Kier alpha value is -1.23. The Morgan fingerprint density at radius 2 is 2.38 bits per heavy atom. The highest BCUT2D eigenvalue weighted by Gasteiger charge is 2.17. The van der Waals surface area contributed by atoms with Crippen molar-refractivity contribution in [1.82, 2.24) is 20.3 Å². The van der Waals surface area contributed by atoms with E-state index >= 15 is 0 Å². The van der Waals surface area contributed by atoms with Gasteiger partial charge in [0.1, 0.15) is 12.2 Å². The molecular formula is C8H13N5. The number of nitrogen functional groups attached to an aromatic ring is 1. The van der Waals surface area contributed by atoms with E-state index in [1.807, 2.05) is 0 Å². The maximum Gasteiger partial charge on any atom is 0.223 e. The molecular weight excluding hydrogens is 166 g/mol. The van der Waals surface area contributed by atoms with E-state index in [2.05, 4.69) is 20.3 Å². The average Bonchev–Trinajstić information content (AvgIpc) is 2.19. The topological polar surface area (TPSA) is 76.7 Å². The molecule has 1 unspecified atom stereocenters. The Labute approximate surface area is 76.8 Å². The maximum absolute atomic E-state index is 5.48. The Kier molecular flexibility index (Phi) is 2.35. The first-order valence-corrected chi connectivity index (χ1v) is 4.51. The van der Waals surface area contributed by atoms with E-state index in [0.717, 1.165) is 25.3 Å². The molecule has 2 heterocycles. The van der Waals surface area contributed by atoms with Crippen LogP contribution in [-0.2, 0) is 0 Å². The van der Waals surface area contributed by atoms with Gasteiger partial charge in [0.25, 0.3) is 0 Å². The Morgan fingerprint density at radius 1 is 1.46 bits per heavy atom. The van der Waals surface area contributed by atoms with Gasteiger partial charge in [-0.15, -0.1) is 0 Å². The molecule has 0 spiro atoms. The summed E-state index contributed by atoms with van der Waals surface area (Å²) in [4.78, 5) is 12.0. The number of hydrogen-bond acceptors (Lipinski definition) is 5. The number of hydrogen-bond donors (Lipinski definition) is 2. The second-order valence-electron chi connectivity index (χ2n) is 3.25. The lowest BCUT2D eigenvalue weighted by molar-refractivity contribution is 0.446. The van der Waals surface area contributed by atoms with E-state index in [9.17, 15) is 0 Å². The van der Waals surface area contributed by atoms with Gasteiger partial charge in [-0.05, 0) is 19.4 Å². The van der Waals surface area contributed by atoms with Gasteiger partial charge in [0.05, 0.1) is 0 Å². The molecule has 0 radical (unpaired) electrons. The van der Waals surface area contributed by atoms with E-state index in [1.165, 1.54) is 12.7 Å². The molecule has 0 amide bonds. The second-order valence-corrected chi connectivity index (χ2v) is 3.25. The van der Waals surface area contributed by atoms with Crippen LogP contribution in [0.2, 0.25) is 0 Å². The lowest BCUT2D eigenvalue weighted by Crippen LogP contribution is -2.29. The van der Waals surface area contributed by atoms with Gasteiger partial charge >= 0.3 is 0 Å². The van der Waals surface area contributed by atoms with E-state index in [1.54, 1.807) is 0 Å². The fraction of sp³-hybridized carbons (Fsp3) is 0.625. The summed E-state index contributed by atoms with van der Waals surface area (Å²) in [6.45, 7) is 2.04. The Morgan fingerprint density at radius 3 is 3.08 bits per heavy atom. The molecule has 1 saturated heterocycles. The van der Waals surface area contributed by atoms with Gasteiger partial charge in [-0.1, -0.05) is 0 Å². The summed E-state index contributed by atoms with van der Waals surface area (Å²) < 4.78 is 0. The van der Waals surface area contributed by atoms with Crippen LogP contribution in [0.15, 0.2) is 6.33 Å². The zero-order valence-corrected chi connectivity index (χ0v) is 7.40. The highest BCUT2D eigenvalue weighted by atomic mass is 15.1. The lowest BCUT2D eigenvalue weighted by Gasteiger charge is -2.20. The second kappa shape index (κ2) is 3.66. The van der Waals surface area contributed by atoms with E-state index in [0.29, 0.717) is 11.9 Å². The summed E-state index contributed by atoms with van der Waals surface area (Å²) >= 11 is 0. The summed E-state index contributed by atoms with van der Waals surface area (Å²) in [5, 5.41) is 3.31. The lowest BCUT2D eigenvalue weighted by atomic mass is 9.99. The predicted octanol–water partition coefficient (Wildman–Crippen LogP) is -0.0792. The fourth-order valence-electron chi connectivity index (χ4n) is 1.59. The average molecular weight is 179 g/mol. The van der Waals surface area contributed by atoms with Crippen molar-refractivity contribution in [1.29, 1.82) is 0 Å². The molecule has 13 heavy (non-hydrogen) atoms. The number of nitrogens with one attached hydrogen (secondary N) is 1. The number of nitrogens with zero attached hydrogens (tertiary/aromatic N) is 3. The van der Waals surface area contributed by atoms with Crippen LogP contribution < -0.4 is 11.1 Å².